The van der Waals surface area contributed by atoms with Gasteiger partial charge in [0.2, 0.25) is 0 Å². The van der Waals surface area contributed by atoms with Crippen molar-refractivity contribution in [3.8, 4) is 0 Å². The molecule has 0 saturated heterocycles. The second kappa shape index (κ2) is 8.72. The summed E-state index contributed by atoms with van der Waals surface area (Å²) in [6.45, 7) is 7.49. The predicted molar refractivity (Wildman–Crippen MR) is 102 cm³/mol. The summed E-state index contributed by atoms with van der Waals surface area (Å²) in [5.74, 6) is -0.563. The van der Waals surface area contributed by atoms with Gasteiger partial charge in [-0.1, -0.05) is 35.9 Å². The molecule has 2 aromatic rings. The zero-order valence-electron chi connectivity index (χ0n) is 15.0. The van der Waals surface area contributed by atoms with Crippen molar-refractivity contribution in [2.75, 3.05) is 11.1 Å². The summed E-state index contributed by atoms with van der Waals surface area (Å²) in [5, 5.41) is 2.86. The summed E-state index contributed by atoms with van der Waals surface area (Å²) in [4.78, 5) is 25.2. The number of hydrogen-bond acceptors (Lipinski definition) is 4. The number of anilines is 1. The van der Waals surface area contributed by atoms with Crippen molar-refractivity contribution < 1.29 is 14.3 Å². The lowest BCUT2D eigenvalue weighted by Gasteiger charge is -2.16. The molecule has 0 saturated carbocycles. The third-order valence-electron chi connectivity index (χ3n) is 3.70. The number of rotatable bonds is 6. The first kappa shape index (κ1) is 19.1. The topological polar surface area (TPSA) is 55.4 Å². The predicted octanol–water partition coefficient (Wildman–Crippen LogP) is 4.27. The molecule has 1 N–H and O–H groups in total. The highest BCUT2D eigenvalue weighted by molar-refractivity contribution is 8.00. The van der Waals surface area contributed by atoms with E-state index in [1.807, 2.05) is 63.2 Å². The Bertz CT molecular complexity index is 736. The van der Waals surface area contributed by atoms with Crippen LogP contribution in [0.4, 0.5) is 5.69 Å². The summed E-state index contributed by atoms with van der Waals surface area (Å²) in [5.41, 5.74) is 3.90. The lowest BCUT2D eigenvalue weighted by atomic mass is 10.0. The maximum absolute atomic E-state index is 12.3. The molecular weight excluding hydrogens is 334 g/mol. The van der Waals surface area contributed by atoms with E-state index in [2.05, 4.69) is 5.32 Å². The van der Waals surface area contributed by atoms with E-state index in [1.165, 1.54) is 11.8 Å². The maximum Gasteiger partial charge on any atom is 0.317 e. The first-order chi connectivity index (χ1) is 11.9. The number of carbonyl (C=O) groups is 2. The number of benzene rings is 2. The molecule has 0 aliphatic rings. The van der Waals surface area contributed by atoms with Crippen LogP contribution in [0, 0.1) is 20.8 Å². The minimum Gasteiger partial charge on any atom is -0.452 e. The molecule has 0 bridgehead atoms. The first-order valence-electron chi connectivity index (χ1n) is 8.13. The van der Waals surface area contributed by atoms with Crippen molar-refractivity contribution >= 4 is 29.3 Å². The largest absolute Gasteiger partial charge is 0.452 e. The van der Waals surface area contributed by atoms with Crippen molar-refractivity contribution in [2.24, 2.45) is 0 Å². The Labute approximate surface area is 153 Å². The van der Waals surface area contributed by atoms with Crippen molar-refractivity contribution in [1.29, 1.82) is 0 Å². The van der Waals surface area contributed by atoms with Gasteiger partial charge < -0.3 is 10.1 Å². The van der Waals surface area contributed by atoms with Gasteiger partial charge in [-0.15, -0.1) is 11.8 Å². The van der Waals surface area contributed by atoms with Crippen LogP contribution in [0.15, 0.2) is 47.4 Å². The quantitative estimate of drug-likeness (QED) is 0.619. The fourth-order valence-electron chi connectivity index (χ4n) is 2.55. The standard InChI is InChI=1S/C20H23NO3S/c1-13-10-14(2)19(15(3)11-13)21-20(23)16(4)24-18(22)12-25-17-8-6-5-7-9-17/h5-11,16H,12H2,1-4H3,(H,21,23)/t16-/m1/s1. The molecule has 1 amide bonds. The highest BCUT2D eigenvalue weighted by Crippen LogP contribution is 2.22. The van der Waals surface area contributed by atoms with Gasteiger partial charge in [-0.3, -0.25) is 9.59 Å². The Morgan fingerprint density at radius 2 is 1.68 bits per heavy atom. The smallest absolute Gasteiger partial charge is 0.317 e. The minimum absolute atomic E-state index is 0.171. The number of aryl methyl sites for hydroxylation is 3. The van der Waals surface area contributed by atoms with E-state index in [0.29, 0.717) is 0 Å². The Kier molecular flexibility index (Phi) is 6.65. The molecule has 0 spiro atoms. The van der Waals surface area contributed by atoms with Crippen molar-refractivity contribution in [3.63, 3.8) is 0 Å². The third kappa shape index (κ3) is 5.64. The normalized spacial score (nSPS) is 11.7. The lowest BCUT2D eigenvalue weighted by molar-refractivity contribution is -0.150. The Morgan fingerprint density at radius 3 is 2.28 bits per heavy atom. The highest BCUT2D eigenvalue weighted by Gasteiger charge is 2.19. The van der Waals surface area contributed by atoms with Gasteiger partial charge in [-0.2, -0.15) is 0 Å². The van der Waals surface area contributed by atoms with E-state index < -0.39 is 12.1 Å². The average Bonchev–Trinajstić information content (AvgIpc) is 2.57. The van der Waals surface area contributed by atoms with Crippen LogP contribution in [0.25, 0.3) is 0 Å². The molecule has 0 unspecified atom stereocenters. The van der Waals surface area contributed by atoms with Gasteiger partial charge in [-0.05, 0) is 51.0 Å². The number of hydrogen-bond donors (Lipinski definition) is 1. The number of ether oxygens (including phenoxy) is 1. The Morgan fingerprint density at radius 1 is 1.08 bits per heavy atom. The fourth-order valence-corrected chi connectivity index (χ4v) is 3.25. The van der Waals surface area contributed by atoms with Gasteiger partial charge in [0, 0.05) is 10.6 Å². The zero-order chi connectivity index (χ0) is 18.4. The SMILES string of the molecule is Cc1cc(C)c(NC(=O)[C@@H](C)OC(=O)CSc2ccccc2)c(C)c1. The number of esters is 1. The van der Waals surface area contributed by atoms with Crippen molar-refractivity contribution in [3.05, 3.63) is 59.2 Å². The lowest BCUT2D eigenvalue weighted by Crippen LogP contribution is -2.31. The van der Waals surface area contributed by atoms with Crippen LogP contribution >= 0.6 is 11.8 Å². The average molecular weight is 357 g/mol. The van der Waals surface area contributed by atoms with E-state index in [9.17, 15) is 9.59 Å². The van der Waals surface area contributed by atoms with Gasteiger partial charge in [0.15, 0.2) is 6.10 Å². The van der Waals surface area contributed by atoms with Gasteiger partial charge in [0.25, 0.3) is 5.91 Å². The molecule has 0 aliphatic carbocycles. The van der Waals surface area contributed by atoms with Gasteiger partial charge in [0.1, 0.15) is 0 Å². The Hall–Kier alpha value is -2.27. The van der Waals surface area contributed by atoms with Crippen LogP contribution < -0.4 is 5.32 Å². The minimum atomic E-state index is -0.844. The fraction of sp³-hybridized carbons (Fsp3) is 0.300. The number of thioether (sulfide) groups is 1. The van der Waals surface area contributed by atoms with Crippen LogP contribution in [0.2, 0.25) is 0 Å². The third-order valence-corrected chi connectivity index (χ3v) is 4.69. The summed E-state index contributed by atoms with van der Waals surface area (Å²) < 4.78 is 5.24. The zero-order valence-corrected chi connectivity index (χ0v) is 15.8. The molecule has 0 fully saturated rings. The van der Waals surface area contributed by atoms with Crippen LogP contribution in [-0.2, 0) is 14.3 Å². The molecule has 0 aliphatic heterocycles. The molecule has 132 valence electrons. The molecule has 1 atom stereocenters. The van der Waals surface area contributed by atoms with Crippen LogP contribution in [0.3, 0.4) is 0 Å². The molecule has 2 rings (SSSR count). The van der Waals surface area contributed by atoms with Crippen LogP contribution in [-0.4, -0.2) is 23.7 Å². The molecular formula is C20H23NO3S. The number of carbonyl (C=O) groups excluding carboxylic acids is 2. The second-order valence-corrected chi connectivity index (χ2v) is 7.05. The highest BCUT2D eigenvalue weighted by atomic mass is 32.2. The van der Waals surface area contributed by atoms with Gasteiger partial charge >= 0.3 is 5.97 Å². The van der Waals surface area contributed by atoms with Gasteiger partial charge in [-0.25, -0.2) is 0 Å². The van der Waals surface area contributed by atoms with E-state index in [1.54, 1.807) is 6.92 Å². The molecule has 5 heteroatoms. The molecule has 0 radical (unpaired) electrons. The molecule has 4 nitrogen and oxygen atoms in total. The first-order valence-corrected chi connectivity index (χ1v) is 9.11. The molecule has 2 aromatic carbocycles. The molecule has 0 heterocycles. The number of nitrogens with one attached hydrogen (secondary N) is 1. The molecule has 0 aromatic heterocycles. The van der Waals surface area contributed by atoms with Gasteiger partial charge in [0.05, 0.1) is 5.75 Å². The molecule has 25 heavy (non-hydrogen) atoms. The number of amides is 1. The van der Waals surface area contributed by atoms with Crippen molar-refractivity contribution in [2.45, 2.75) is 38.7 Å². The van der Waals surface area contributed by atoms with Crippen molar-refractivity contribution in [1.82, 2.24) is 0 Å². The summed E-state index contributed by atoms with van der Waals surface area (Å²) in [7, 11) is 0. The summed E-state index contributed by atoms with van der Waals surface area (Å²) in [6.07, 6.45) is -0.844. The summed E-state index contributed by atoms with van der Waals surface area (Å²) >= 11 is 1.39. The van der Waals surface area contributed by atoms with E-state index >= 15 is 0 Å². The van der Waals surface area contributed by atoms with Crippen LogP contribution in [0.5, 0.6) is 0 Å². The summed E-state index contributed by atoms with van der Waals surface area (Å²) in [6, 6.07) is 13.6. The van der Waals surface area contributed by atoms with E-state index in [-0.39, 0.29) is 11.7 Å². The maximum atomic E-state index is 12.3. The second-order valence-electron chi connectivity index (χ2n) is 6.00. The van der Waals surface area contributed by atoms with E-state index in [0.717, 1.165) is 27.3 Å². The Balaban J connectivity index is 1.89. The van der Waals surface area contributed by atoms with Crippen LogP contribution in [0.1, 0.15) is 23.6 Å². The van der Waals surface area contributed by atoms with E-state index in [4.69, 9.17) is 4.74 Å². The monoisotopic (exact) mass is 357 g/mol.